The van der Waals surface area contributed by atoms with Gasteiger partial charge in [0.25, 0.3) is 5.91 Å². The van der Waals surface area contributed by atoms with E-state index in [0.717, 1.165) is 29.7 Å². The first kappa shape index (κ1) is 19.2. The highest BCUT2D eigenvalue weighted by Crippen LogP contribution is 2.38. The van der Waals surface area contributed by atoms with Gasteiger partial charge in [-0.2, -0.15) is 0 Å². The van der Waals surface area contributed by atoms with Crippen molar-refractivity contribution >= 4 is 17.9 Å². The standard InChI is InChI=1S/C20H26N2O5/c1-14-6-8-16(9-7-14)26-11-12-27-17(23)13-22-18(24)20(21-19(22)25)10-4-3-5-15(20)2/h6-9,15H,3-5,10-13H2,1-2H3,(H,21,25)/t15-,20-/m0/s1. The quantitative estimate of drug-likeness (QED) is 0.470. The molecule has 0 aromatic heterocycles. The van der Waals surface area contributed by atoms with E-state index in [1.807, 2.05) is 38.1 Å². The Bertz CT molecular complexity index is 718. The van der Waals surface area contributed by atoms with Crippen molar-refractivity contribution in [1.82, 2.24) is 10.2 Å². The number of benzene rings is 1. The highest BCUT2D eigenvalue weighted by Gasteiger charge is 2.55. The van der Waals surface area contributed by atoms with Crippen molar-refractivity contribution in [2.75, 3.05) is 19.8 Å². The van der Waals surface area contributed by atoms with Crippen LogP contribution in [0.2, 0.25) is 0 Å². The molecule has 7 heteroatoms. The van der Waals surface area contributed by atoms with Gasteiger partial charge in [0.15, 0.2) is 0 Å². The fraction of sp³-hybridized carbons (Fsp3) is 0.550. The zero-order chi connectivity index (χ0) is 19.4. The zero-order valence-electron chi connectivity index (χ0n) is 15.8. The van der Waals surface area contributed by atoms with Crippen LogP contribution in [0.3, 0.4) is 0 Å². The minimum absolute atomic E-state index is 0.0535. The minimum atomic E-state index is -0.857. The predicted octanol–water partition coefficient (Wildman–Crippen LogP) is 2.42. The van der Waals surface area contributed by atoms with Crippen LogP contribution in [0, 0.1) is 12.8 Å². The lowest BCUT2D eigenvalue weighted by molar-refractivity contribution is -0.149. The molecule has 3 rings (SSSR count). The van der Waals surface area contributed by atoms with Crippen LogP contribution in [0.4, 0.5) is 4.79 Å². The van der Waals surface area contributed by atoms with Gasteiger partial charge in [0.2, 0.25) is 0 Å². The molecular formula is C20H26N2O5. The summed E-state index contributed by atoms with van der Waals surface area (Å²) in [6.07, 6.45) is 3.45. The third-order valence-electron chi connectivity index (χ3n) is 5.42. The average Bonchev–Trinajstić information content (AvgIpc) is 2.88. The Labute approximate surface area is 159 Å². The number of rotatable bonds is 6. The second kappa shape index (κ2) is 7.98. The normalized spacial score (nSPS) is 24.8. The van der Waals surface area contributed by atoms with Crippen LogP contribution in [0.25, 0.3) is 0 Å². The number of hydrogen-bond acceptors (Lipinski definition) is 5. The van der Waals surface area contributed by atoms with Gasteiger partial charge in [0.1, 0.15) is 31.0 Å². The Hall–Kier alpha value is -2.57. The molecule has 1 N–H and O–H groups in total. The van der Waals surface area contributed by atoms with Crippen molar-refractivity contribution < 1.29 is 23.9 Å². The second-order valence-corrected chi connectivity index (χ2v) is 7.32. The Balaban J connectivity index is 1.47. The van der Waals surface area contributed by atoms with Crippen molar-refractivity contribution in [1.29, 1.82) is 0 Å². The Morgan fingerprint density at radius 2 is 1.96 bits per heavy atom. The molecule has 0 unspecified atom stereocenters. The molecular weight excluding hydrogens is 348 g/mol. The zero-order valence-corrected chi connectivity index (χ0v) is 15.8. The number of carbonyl (C=O) groups excluding carboxylic acids is 3. The number of amides is 3. The van der Waals surface area contributed by atoms with Gasteiger partial charge in [-0.15, -0.1) is 0 Å². The smallest absolute Gasteiger partial charge is 0.326 e. The monoisotopic (exact) mass is 374 g/mol. The molecule has 0 bridgehead atoms. The van der Waals surface area contributed by atoms with Gasteiger partial charge in [-0.05, 0) is 37.8 Å². The second-order valence-electron chi connectivity index (χ2n) is 7.32. The third-order valence-corrected chi connectivity index (χ3v) is 5.42. The van der Waals surface area contributed by atoms with E-state index < -0.39 is 17.5 Å². The van der Waals surface area contributed by atoms with Crippen LogP contribution in [0.5, 0.6) is 5.75 Å². The van der Waals surface area contributed by atoms with Crippen molar-refractivity contribution in [3.05, 3.63) is 29.8 Å². The minimum Gasteiger partial charge on any atom is -0.490 e. The first-order chi connectivity index (χ1) is 12.9. The van der Waals surface area contributed by atoms with Gasteiger partial charge >= 0.3 is 12.0 Å². The summed E-state index contributed by atoms with van der Waals surface area (Å²) in [5.41, 5.74) is 0.275. The fourth-order valence-electron chi connectivity index (χ4n) is 3.76. The van der Waals surface area contributed by atoms with Gasteiger partial charge in [-0.1, -0.05) is 37.5 Å². The van der Waals surface area contributed by atoms with Crippen molar-refractivity contribution in [3.8, 4) is 5.75 Å². The van der Waals surface area contributed by atoms with E-state index >= 15 is 0 Å². The SMILES string of the molecule is Cc1ccc(OCCOC(=O)CN2C(=O)N[C@]3(CCCC[C@@H]3C)C2=O)cc1. The van der Waals surface area contributed by atoms with E-state index in [-0.39, 0.29) is 31.6 Å². The maximum Gasteiger partial charge on any atom is 0.326 e. The largest absolute Gasteiger partial charge is 0.490 e. The third kappa shape index (κ3) is 4.07. The maximum atomic E-state index is 12.8. The van der Waals surface area contributed by atoms with Crippen molar-refractivity contribution in [2.45, 2.75) is 45.1 Å². The lowest BCUT2D eigenvalue weighted by Gasteiger charge is -2.36. The summed E-state index contributed by atoms with van der Waals surface area (Å²) >= 11 is 0. The fourth-order valence-corrected chi connectivity index (χ4v) is 3.76. The molecule has 1 saturated heterocycles. The lowest BCUT2D eigenvalue weighted by atomic mass is 9.73. The van der Waals surface area contributed by atoms with Crippen LogP contribution < -0.4 is 10.1 Å². The molecule has 1 aromatic carbocycles. The average molecular weight is 374 g/mol. The van der Waals surface area contributed by atoms with Gasteiger partial charge < -0.3 is 14.8 Å². The van der Waals surface area contributed by atoms with E-state index in [4.69, 9.17) is 9.47 Å². The molecule has 0 radical (unpaired) electrons. The first-order valence-corrected chi connectivity index (χ1v) is 9.41. The molecule has 1 aliphatic heterocycles. The number of nitrogens with zero attached hydrogens (tertiary/aromatic N) is 1. The van der Waals surface area contributed by atoms with Crippen LogP contribution in [0.1, 0.15) is 38.2 Å². The number of urea groups is 1. The summed E-state index contributed by atoms with van der Waals surface area (Å²) in [4.78, 5) is 38.1. The molecule has 1 aliphatic carbocycles. The topological polar surface area (TPSA) is 84.9 Å². The summed E-state index contributed by atoms with van der Waals surface area (Å²) in [5.74, 6) is -0.176. The summed E-state index contributed by atoms with van der Waals surface area (Å²) in [6, 6.07) is 7.04. The van der Waals surface area contributed by atoms with Gasteiger partial charge in [-0.25, -0.2) is 4.79 Å². The van der Waals surface area contributed by atoms with E-state index in [0.29, 0.717) is 12.2 Å². The summed E-state index contributed by atoms with van der Waals surface area (Å²) in [7, 11) is 0. The number of imide groups is 1. The number of carbonyl (C=O) groups is 3. The number of hydrogen-bond donors (Lipinski definition) is 1. The van der Waals surface area contributed by atoms with Gasteiger partial charge in [-0.3, -0.25) is 14.5 Å². The molecule has 2 atom stereocenters. The molecule has 1 aromatic rings. The van der Waals surface area contributed by atoms with E-state index in [1.54, 1.807) is 0 Å². The predicted molar refractivity (Wildman–Crippen MR) is 98.2 cm³/mol. The first-order valence-electron chi connectivity index (χ1n) is 9.41. The summed E-state index contributed by atoms with van der Waals surface area (Å²) in [6.45, 7) is 3.85. The van der Waals surface area contributed by atoms with Crippen LogP contribution in [-0.4, -0.2) is 48.1 Å². The highest BCUT2D eigenvalue weighted by molar-refractivity contribution is 6.08. The van der Waals surface area contributed by atoms with Gasteiger partial charge in [0, 0.05) is 0 Å². The number of aryl methyl sites for hydroxylation is 1. The maximum absolute atomic E-state index is 12.8. The van der Waals surface area contributed by atoms with Crippen LogP contribution in [-0.2, 0) is 14.3 Å². The summed E-state index contributed by atoms with van der Waals surface area (Å²) < 4.78 is 10.6. The lowest BCUT2D eigenvalue weighted by Crippen LogP contribution is -2.54. The Morgan fingerprint density at radius 3 is 2.67 bits per heavy atom. The molecule has 1 heterocycles. The van der Waals surface area contributed by atoms with Crippen molar-refractivity contribution in [3.63, 3.8) is 0 Å². The van der Waals surface area contributed by atoms with E-state index in [1.165, 1.54) is 0 Å². The molecule has 3 amide bonds. The van der Waals surface area contributed by atoms with Gasteiger partial charge in [0.05, 0.1) is 0 Å². The number of ether oxygens (including phenoxy) is 2. The van der Waals surface area contributed by atoms with Crippen molar-refractivity contribution in [2.24, 2.45) is 5.92 Å². The number of esters is 1. The molecule has 27 heavy (non-hydrogen) atoms. The van der Waals surface area contributed by atoms with E-state index in [2.05, 4.69) is 5.32 Å². The molecule has 1 saturated carbocycles. The highest BCUT2D eigenvalue weighted by atomic mass is 16.6. The molecule has 2 aliphatic rings. The van der Waals surface area contributed by atoms with Crippen LogP contribution in [0.15, 0.2) is 24.3 Å². The molecule has 146 valence electrons. The molecule has 2 fully saturated rings. The van der Waals surface area contributed by atoms with Crippen LogP contribution >= 0.6 is 0 Å². The summed E-state index contributed by atoms with van der Waals surface area (Å²) in [5, 5.41) is 2.82. The Morgan fingerprint density at radius 1 is 1.22 bits per heavy atom. The molecule has 7 nitrogen and oxygen atoms in total. The number of nitrogens with one attached hydrogen (secondary N) is 1. The molecule has 1 spiro atoms. The van der Waals surface area contributed by atoms with E-state index in [9.17, 15) is 14.4 Å². The Kier molecular flexibility index (Phi) is 5.68.